The van der Waals surface area contributed by atoms with Crippen molar-refractivity contribution in [2.75, 3.05) is 0 Å². The van der Waals surface area contributed by atoms with Crippen molar-refractivity contribution in [2.24, 2.45) is 5.73 Å². The van der Waals surface area contributed by atoms with E-state index < -0.39 is 0 Å². The summed E-state index contributed by atoms with van der Waals surface area (Å²) in [5.41, 5.74) is 9.90. The molecule has 0 spiro atoms. The van der Waals surface area contributed by atoms with Crippen LogP contribution in [0.1, 0.15) is 29.0 Å². The minimum atomic E-state index is 0.126. The van der Waals surface area contributed by atoms with Gasteiger partial charge in [0.25, 0.3) is 0 Å². The Morgan fingerprint density at radius 1 is 1.12 bits per heavy atom. The predicted molar refractivity (Wildman–Crippen MR) is 71.8 cm³/mol. The lowest BCUT2D eigenvalue weighted by Gasteiger charge is -2.04. The predicted octanol–water partition coefficient (Wildman–Crippen LogP) is 4.05. The molecule has 0 saturated heterocycles. The van der Waals surface area contributed by atoms with Crippen LogP contribution >= 0.6 is 11.3 Å². The van der Waals surface area contributed by atoms with Crippen LogP contribution in [-0.2, 0) is 0 Å². The van der Waals surface area contributed by atoms with Gasteiger partial charge >= 0.3 is 0 Å². The van der Waals surface area contributed by atoms with Crippen LogP contribution < -0.4 is 5.73 Å². The molecule has 0 radical (unpaired) electrons. The average Bonchev–Trinajstić information content (AvgIpc) is 2.61. The fourth-order valence-corrected chi connectivity index (χ4v) is 3.04. The highest BCUT2D eigenvalue weighted by molar-refractivity contribution is 7.15. The fraction of sp³-hybridized carbons (Fsp3) is 0.286. The number of benzene rings is 1. The first kappa shape index (κ1) is 11.4. The lowest BCUT2D eigenvalue weighted by atomic mass is 10.0. The van der Waals surface area contributed by atoms with E-state index in [0.717, 1.165) is 0 Å². The fourth-order valence-electron chi connectivity index (χ4n) is 1.83. The van der Waals surface area contributed by atoms with E-state index in [9.17, 15) is 0 Å². The van der Waals surface area contributed by atoms with Crippen LogP contribution in [0.15, 0.2) is 30.3 Å². The van der Waals surface area contributed by atoms with E-state index in [1.54, 1.807) is 0 Å². The quantitative estimate of drug-likeness (QED) is 0.829. The number of hydrogen-bond acceptors (Lipinski definition) is 2. The minimum absolute atomic E-state index is 0.126. The zero-order valence-corrected chi connectivity index (χ0v) is 10.8. The van der Waals surface area contributed by atoms with Crippen LogP contribution in [0.3, 0.4) is 0 Å². The van der Waals surface area contributed by atoms with Crippen molar-refractivity contribution < 1.29 is 0 Å². The highest BCUT2D eigenvalue weighted by Crippen LogP contribution is 2.35. The maximum Gasteiger partial charge on any atom is 0.0378 e. The SMILES string of the molecule is Cc1ccccc1-c1sc(C(C)N)cc1C. The molecule has 0 amide bonds. The third kappa shape index (κ3) is 2.04. The van der Waals surface area contributed by atoms with Crippen molar-refractivity contribution in [1.82, 2.24) is 0 Å². The van der Waals surface area contributed by atoms with Gasteiger partial charge in [-0.05, 0) is 43.5 Å². The molecule has 0 aliphatic heterocycles. The molecule has 1 unspecified atom stereocenters. The summed E-state index contributed by atoms with van der Waals surface area (Å²) in [6.45, 7) is 6.34. The first-order valence-electron chi connectivity index (χ1n) is 5.51. The van der Waals surface area contributed by atoms with Crippen molar-refractivity contribution in [1.29, 1.82) is 0 Å². The zero-order chi connectivity index (χ0) is 11.7. The van der Waals surface area contributed by atoms with Gasteiger partial charge in [-0.25, -0.2) is 0 Å². The zero-order valence-electron chi connectivity index (χ0n) is 9.95. The molecule has 2 aromatic rings. The Labute approximate surface area is 101 Å². The van der Waals surface area contributed by atoms with Crippen LogP contribution in [0.2, 0.25) is 0 Å². The van der Waals surface area contributed by atoms with E-state index in [-0.39, 0.29) is 6.04 Å². The first-order chi connectivity index (χ1) is 7.59. The molecular weight excluding hydrogens is 214 g/mol. The van der Waals surface area contributed by atoms with Gasteiger partial charge in [-0.15, -0.1) is 11.3 Å². The standard InChI is InChI=1S/C14H17NS/c1-9-6-4-5-7-12(9)14-10(2)8-13(16-14)11(3)15/h4-8,11H,15H2,1-3H3. The topological polar surface area (TPSA) is 26.0 Å². The van der Waals surface area contributed by atoms with Gasteiger partial charge in [0, 0.05) is 15.8 Å². The van der Waals surface area contributed by atoms with Gasteiger partial charge in [0.15, 0.2) is 0 Å². The number of rotatable bonds is 2. The Hall–Kier alpha value is -1.12. The van der Waals surface area contributed by atoms with Crippen LogP contribution in [0.25, 0.3) is 10.4 Å². The van der Waals surface area contributed by atoms with Gasteiger partial charge in [0.05, 0.1) is 0 Å². The average molecular weight is 231 g/mol. The second kappa shape index (κ2) is 4.40. The first-order valence-corrected chi connectivity index (χ1v) is 6.33. The molecule has 0 fully saturated rings. The lowest BCUT2D eigenvalue weighted by molar-refractivity contribution is 0.838. The third-order valence-corrected chi connectivity index (χ3v) is 4.25. The molecule has 16 heavy (non-hydrogen) atoms. The molecule has 1 atom stereocenters. The third-order valence-electron chi connectivity index (χ3n) is 2.78. The van der Waals surface area contributed by atoms with E-state index >= 15 is 0 Å². The van der Waals surface area contributed by atoms with Gasteiger partial charge in [0.1, 0.15) is 0 Å². The van der Waals surface area contributed by atoms with E-state index in [1.807, 2.05) is 18.3 Å². The largest absolute Gasteiger partial charge is 0.324 e. The van der Waals surface area contributed by atoms with Gasteiger partial charge in [-0.3, -0.25) is 0 Å². The number of aryl methyl sites for hydroxylation is 2. The van der Waals surface area contributed by atoms with E-state index in [1.165, 1.54) is 26.4 Å². The van der Waals surface area contributed by atoms with Crippen molar-refractivity contribution in [3.8, 4) is 10.4 Å². The molecule has 2 heteroatoms. The molecule has 2 N–H and O–H groups in total. The van der Waals surface area contributed by atoms with Crippen LogP contribution in [0.4, 0.5) is 0 Å². The molecule has 0 saturated carbocycles. The normalized spacial score (nSPS) is 12.8. The van der Waals surface area contributed by atoms with Crippen LogP contribution in [0.5, 0.6) is 0 Å². The molecular formula is C14H17NS. The highest BCUT2D eigenvalue weighted by atomic mass is 32.1. The molecule has 0 aliphatic carbocycles. The molecule has 2 rings (SSSR count). The van der Waals surface area contributed by atoms with Crippen LogP contribution in [0, 0.1) is 13.8 Å². The number of hydrogen-bond donors (Lipinski definition) is 1. The molecule has 1 aromatic heterocycles. The Morgan fingerprint density at radius 2 is 1.81 bits per heavy atom. The summed E-state index contributed by atoms with van der Waals surface area (Å²) in [7, 11) is 0. The van der Waals surface area contributed by atoms with E-state index in [2.05, 4.69) is 44.2 Å². The van der Waals surface area contributed by atoms with Gasteiger partial charge in [0.2, 0.25) is 0 Å². The lowest BCUT2D eigenvalue weighted by Crippen LogP contribution is -2.01. The van der Waals surface area contributed by atoms with Crippen LogP contribution in [-0.4, -0.2) is 0 Å². The summed E-state index contributed by atoms with van der Waals surface area (Å²) < 4.78 is 0. The summed E-state index contributed by atoms with van der Waals surface area (Å²) in [5.74, 6) is 0. The van der Waals surface area contributed by atoms with Gasteiger partial charge in [-0.1, -0.05) is 24.3 Å². The second-order valence-corrected chi connectivity index (χ2v) is 5.35. The molecule has 1 nitrogen and oxygen atoms in total. The smallest absolute Gasteiger partial charge is 0.0378 e. The number of nitrogens with two attached hydrogens (primary N) is 1. The van der Waals surface area contributed by atoms with E-state index in [0.29, 0.717) is 0 Å². The molecule has 1 aromatic carbocycles. The molecule has 0 bridgehead atoms. The number of thiophene rings is 1. The summed E-state index contributed by atoms with van der Waals surface area (Å²) in [6, 6.07) is 10.8. The van der Waals surface area contributed by atoms with Crippen molar-refractivity contribution in [3.05, 3.63) is 46.3 Å². The minimum Gasteiger partial charge on any atom is -0.324 e. The summed E-state index contributed by atoms with van der Waals surface area (Å²) >= 11 is 1.81. The van der Waals surface area contributed by atoms with Gasteiger partial charge < -0.3 is 5.73 Å². The van der Waals surface area contributed by atoms with Crippen molar-refractivity contribution >= 4 is 11.3 Å². The summed E-state index contributed by atoms with van der Waals surface area (Å²) in [6.07, 6.45) is 0. The monoisotopic (exact) mass is 231 g/mol. The Bertz CT molecular complexity index is 497. The molecule has 84 valence electrons. The maximum absolute atomic E-state index is 5.92. The summed E-state index contributed by atoms with van der Waals surface area (Å²) in [4.78, 5) is 2.61. The summed E-state index contributed by atoms with van der Waals surface area (Å²) in [5, 5.41) is 0. The Kier molecular flexibility index (Phi) is 3.13. The van der Waals surface area contributed by atoms with Crippen molar-refractivity contribution in [2.45, 2.75) is 26.8 Å². The molecule has 1 heterocycles. The highest BCUT2D eigenvalue weighted by Gasteiger charge is 2.11. The van der Waals surface area contributed by atoms with Gasteiger partial charge in [-0.2, -0.15) is 0 Å². The maximum atomic E-state index is 5.92. The Morgan fingerprint density at radius 3 is 2.38 bits per heavy atom. The second-order valence-electron chi connectivity index (χ2n) is 4.26. The van der Waals surface area contributed by atoms with E-state index in [4.69, 9.17) is 5.73 Å². The Balaban J connectivity index is 2.52. The van der Waals surface area contributed by atoms with Crippen molar-refractivity contribution in [3.63, 3.8) is 0 Å². The molecule has 0 aliphatic rings.